The number of thioether (sulfide) groups is 1. The minimum Gasteiger partial charge on any atom is -0.492 e. The van der Waals surface area contributed by atoms with Gasteiger partial charge in [-0.1, -0.05) is 11.8 Å². The molecule has 18 heavy (non-hydrogen) atoms. The van der Waals surface area contributed by atoms with Gasteiger partial charge >= 0.3 is 0 Å². The number of aromatic nitrogens is 2. The van der Waals surface area contributed by atoms with E-state index in [9.17, 15) is 14.7 Å². The second-order valence-electron chi connectivity index (χ2n) is 3.21. The molecule has 0 radical (unpaired) electrons. The van der Waals surface area contributed by atoms with Crippen molar-refractivity contribution in [3.05, 3.63) is 34.5 Å². The first-order valence-corrected chi connectivity index (χ1v) is 6.06. The van der Waals surface area contributed by atoms with Crippen molar-refractivity contribution in [1.82, 2.24) is 9.97 Å². The lowest BCUT2D eigenvalue weighted by Gasteiger charge is -2.05. The van der Waals surface area contributed by atoms with Crippen LogP contribution in [0.1, 0.15) is 10.6 Å². The first-order valence-electron chi connectivity index (χ1n) is 4.84. The smallest absolute Gasteiger partial charge is 0.291 e. The van der Waals surface area contributed by atoms with E-state index in [1.54, 1.807) is 6.26 Å². The third-order valence-corrected chi connectivity index (χ3v) is 2.64. The summed E-state index contributed by atoms with van der Waals surface area (Å²) < 4.78 is 4.86. The van der Waals surface area contributed by atoms with Gasteiger partial charge in [-0.3, -0.25) is 14.6 Å². The lowest BCUT2D eigenvalue weighted by atomic mass is 10.4. The van der Waals surface area contributed by atoms with Crippen LogP contribution >= 0.6 is 11.8 Å². The van der Waals surface area contributed by atoms with Crippen molar-refractivity contribution in [3.63, 3.8) is 0 Å². The van der Waals surface area contributed by atoms with Crippen LogP contribution in [0.4, 0.5) is 5.69 Å². The largest absolute Gasteiger partial charge is 0.492 e. The fourth-order valence-electron chi connectivity index (χ4n) is 1.23. The summed E-state index contributed by atoms with van der Waals surface area (Å²) >= 11 is 1.16. The average Bonchev–Trinajstić information content (AvgIpc) is 2.87. The summed E-state index contributed by atoms with van der Waals surface area (Å²) in [4.78, 5) is 29.4. The highest BCUT2D eigenvalue weighted by Crippen LogP contribution is 2.18. The zero-order valence-electron chi connectivity index (χ0n) is 9.26. The van der Waals surface area contributed by atoms with Gasteiger partial charge in [-0.05, 0) is 18.4 Å². The summed E-state index contributed by atoms with van der Waals surface area (Å²) in [6.07, 6.45) is 3.02. The van der Waals surface area contributed by atoms with Gasteiger partial charge < -0.3 is 14.8 Å². The molecule has 0 atom stereocenters. The average molecular weight is 267 g/mol. The fourth-order valence-corrected chi connectivity index (χ4v) is 1.61. The van der Waals surface area contributed by atoms with E-state index < -0.39 is 17.3 Å². The number of H-pyrrole nitrogens is 1. The van der Waals surface area contributed by atoms with Gasteiger partial charge in [0, 0.05) is 0 Å². The van der Waals surface area contributed by atoms with Gasteiger partial charge in [0.05, 0.1) is 6.26 Å². The van der Waals surface area contributed by atoms with E-state index in [4.69, 9.17) is 4.42 Å². The summed E-state index contributed by atoms with van der Waals surface area (Å²) in [5.74, 6) is -1.15. The molecule has 0 unspecified atom stereocenters. The van der Waals surface area contributed by atoms with Crippen LogP contribution in [-0.2, 0) is 0 Å². The van der Waals surface area contributed by atoms with E-state index in [1.165, 1.54) is 18.4 Å². The maximum absolute atomic E-state index is 11.6. The minimum absolute atomic E-state index is 0.0303. The van der Waals surface area contributed by atoms with Crippen LogP contribution in [0.3, 0.4) is 0 Å². The Bertz CT molecular complexity index is 621. The van der Waals surface area contributed by atoms with Gasteiger partial charge in [0.1, 0.15) is 0 Å². The topological polar surface area (TPSA) is 108 Å². The second-order valence-corrected chi connectivity index (χ2v) is 4.00. The second kappa shape index (κ2) is 4.96. The zero-order chi connectivity index (χ0) is 13.1. The van der Waals surface area contributed by atoms with Gasteiger partial charge in [0.15, 0.2) is 16.6 Å². The van der Waals surface area contributed by atoms with E-state index in [1.807, 2.05) is 0 Å². The molecule has 7 nitrogen and oxygen atoms in total. The molecule has 2 rings (SSSR count). The lowest BCUT2D eigenvalue weighted by Crippen LogP contribution is -2.20. The van der Waals surface area contributed by atoms with Crippen molar-refractivity contribution in [2.24, 2.45) is 0 Å². The predicted octanol–water partition coefficient (Wildman–Crippen LogP) is 1.04. The molecule has 0 bridgehead atoms. The molecule has 94 valence electrons. The Morgan fingerprint density at radius 3 is 2.94 bits per heavy atom. The van der Waals surface area contributed by atoms with Gasteiger partial charge in [0.25, 0.3) is 11.5 Å². The molecular weight excluding hydrogens is 258 g/mol. The van der Waals surface area contributed by atoms with Gasteiger partial charge in [-0.2, -0.15) is 4.98 Å². The molecule has 0 saturated carbocycles. The van der Waals surface area contributed by atoms with E-state index in [-0.39, 0.29) is 16.6 Å². The molecule has 0 aliphatic rings. The number of hydrogen-bond acceptors (Lipinski definition) is 6. The number of furan rings is 1. The SMILES string of the molecule is CSc1nc(O)c(NC(=O)c2ccco2)c(=O)[nH]1. The van der Waals surface area contributed by atoms with Crippen LogP contribution in [0.25, 0.3) is 0 Å². The highest BCUT2D eigenvalue weighted by Gasteiger charge is 2.16. The zero-order valence-corrected chi connectivity index (χ0v) is 10.1. The van der Waals surface area contributed by atoms with Crippen LogP contribution in [0, 0.1) is 0 Å². The number of aromatic amines is 1. The predicted molar refractivity (Wildman–Crippen MR) is 65.0 cm³/mol. The summed E-state index contributed by atoms with van der Waals surface area (Å²) in [5, 5.41) is 12.1. The normalized spacial score (nSPS) is 10.3. The number of nitrogens with one attached hydrogen (secondary N) is 2. The standard InChI is InChI=1S/C10H9N3O4S/c1-18-10-12-8(15)6(9(16)13-10)11-7(14)5-3-2-4-17-5/h2-4H,1H3,(H,11,14)(H2,12,13,15,16). The van der Waals surface area contributed by atoms with Crippen molar-refractivity contribution < 1.29 is 14.3 Å². The van der Waals surface area contributed by atoms with Crippen molar-refractivity contribution in [1.29, 1.82) is 0 Å². The minimum atomic E-state index is -0.639. The highest BCUT2D eigenvalue weighted by molar-refractivity contribution is 7.98. The Balaban J connectivity index is 2.30. The molecule has 0 aliphatic carbocycles. The summed E-state index contributed by atoms with van der Waals surface area (Å²) in [7, 11) is 0. The molecule has 2 aromatic heterocycles. The maximum atomic E-state index is 11.6. The van der Waals surface area contributed by atoms with Crippen molar-refractivity contribution in [2.75, 3.05) is 11.6 Å². The Hall–Kier alpha value is -2.22. The molecule has 0 fully saturated rings. The molecule has 0 saturated heterocycles. The summed E-state index contributed by atoms with van der Waals surface area (Å²) in [6, 6.07) is 2.97. The Labute approximate surface area is 105 Å². The third kappa shape index (κ3) is 2.38. The van der Waals surface area contributed by atoms with Crippen LogP contribution in [0.15, 0.2) is 32.8 Å². The van der Waals surface area contributed by atoms with Crippen LogP contribution in [0.2, 0.25) is 0 Å². The molecule has 0 aliphatic heterocycles. The monoisotopic (exact) mass is 267 g/mol. The summed E-state index contributed by atoms with van der Waals surface area (Å²) in [6.45, 7) is 0. The van der Waals surface area contributed by atoms with E-state index >= 15 is 0 Å². The van der Waals surface area contributed by atoms with E-state index in [0.29, 0.717) is 0 Å². The Morgan fingerprint density at radius 2 is 2.39 bits per heavy atom. The number of amides is 1. The number of hydrogen-bond donors (Lipinski definition) is 3. The molecular formula is C10H9N3O4S. The van der Waals surface area contributed by atoms with Crippen LogP contribution < -0.4 is 10.9 Å². The molecule has 8 heteroatoms. The molecule has 1 amide bonds. The Morgan fingerprint density at radius 1 is 1.61 bits per heavy atom. The van der Waals surface area contributed by atoms with Crippen molar-refractivity contribution >= 4 is 23.4 Å². The van der Waals surface area contributed by atoms with Crippen LogP contribution in [-0.4, -0.2) is 27.2 Å². The van der Waals surface area contributed by atoms with Crippen LogP contribution in [0.5, 0.6) is 5.88 Å². The first kappa shape index (κ1) is 12.2. The first-order chi connectivity index (χ1) is 8.61. The quantitative estimate of drug-likeness (QED) is 0.566. The fraction of sp³-hybridized carbons (Fsp3) is 0.100. The van der Waals surface area contributed by atoms with Gasteiger partial charge in [0.2, 0.25) is 5.88 Å². The van der Waals surface area contributed by atoms with Gasteiger partial charge in [-0.25, -0.2) is 0 Å². The molecule has 0 aromatic carbocycles. The summed E-state index contributed by atoms with van der Waals surface area (Å²) in [5.41, 5.74) is -0.944. The number of aromatic hydroxyl groups is 1. The molecule has 2 heterocycles. The maximum Gasteiger partial charge on any atom is 0.291 e. The van der Waals surface area contributed by atoms with Crippen molar-refractivity contribution in [3.8, 4) is 5.88 Å². The number of carbonyl (C=O) groups is 1. The van der Waals surface area contributed by atoms with E-state index in [2.05, 4.69) is 15.3 Å². The number of carbonyl (C=O) groups excluding carboxylic acids is 1. The third-order valence-electron chi connectivity index (χ3n) is 2.06. The van der Waals surface area contributed by atoms with E-state index in [0.717, 1.165) is 11.8 Å². The lowest BCUT2D eigenvalue weighted by molar-refractivity contribution is 0.0996. The molecule has 2 aromatic rings. The molecule has 3 N–H and O–H groups in total. The number of nitrogens with zero attached hydrogens (tertiary/aromatic N) is 1. The van der Waals surface area contributed by atoms with Gasteiger partial charge in [-0.15, -0.1) is 0 Å². The van der Waals surface area contributed by atoms with Crippen molar-refractivity contribution in [2.45, 2.75) is 5.16 Å². The number of anilines is 1. The molecule has 0 spiro atoms. The Kier molecular flexibility index (Phi) is 3.38. The number of rotatable bonds is 3. The highest BCUT2D eigenvalue weighted by atomic mass is 32.2.